The van der Waals surface area contributed by atoms with Gasteiger partial charge < -0.3 is 14.6 Å². The van der Waals surface area contributed by atoms with Crippen LogP contribution in [-0.2, 0) is 24.3 Å². The van der Waals surface area contributed by atoms with Crippen LogP contribution in [-0.4, -0.2) is 52.3 Å². The number of methoxy groups -OCH3 is 2. The normalized spacial score (nSPS) is 12.5. The van der Waals surface area contributed by atoms with Crippen molar-refractivity contribution in [2.45, 2.75) is 10.9 Å². The number of benzene rings is 1. The Morgan fingerprint density at radius 3 is 2.19 bits per heavy atom. The molecule has 0 heterocycles. The SMILES string of the molecule is COC(=O)c1ccc(S(=O)(=O)NC(CO)C(=O)OC)cc1. The van der Waals surface area contributed by atoms with Gasteiger partial charge in [-0.1, -0.05) is 0 Å². The van der Waals surface area contributed by atoms with Crippen molar-refractivity contribution in [1.82, 2.24) is 4.72 Å². The van der Waals surface area contributed by atoms with Crippen LogP contribution in [0.15, 0.2) is 29.2 Å². The van der Waals surface area contributed by atoms with Crippen molar-refractivity contribution in [1.29, 1.82) is 0 Å². The first-order valence-corrected chi connectivity index (χ1v) is 7.23. The summed E-state index contributed by atoms with van der Waals surface area (Å²) in [6.45, 7) is -0.744. The minimum atomic E-state index is -4.04. The highest BCUT2D eigenvalue weighted by Gasteiger charge is 2.25. The van der Waals surface area contributed by atoms with E-state index in [0.717, 1.165) is 7.11 Å². The van der Waals surface area contributed by atoms with Gasteiger partial charge in [0.1, 0.15) is 6.04 Å². The Morgan fingerprint density at radius 2 is 1.76 bits per heavy atom. The van der Waals surface area contributed by atoms with E-state index in [0.29, 0.717) is 0 Å². The van der Waals surface area contributed by atoms with Gasteiger partial charge in [0.15, 0.2) is 0 Å². The van der Waals surface area contributed by atoms with Crippen LogP contribution in [0.1, 0.15) is 10.4 Å². The average molecular weight is 317 g/mol. The fourth-order valence-corrected chi connectivity index (χ4v) is 2.62. The Hall–Kier alpha value is -1.97. The van der Waals surface area contributed by atoms with E-state index in [9.17, 15) is 18.0 Å². The lowest BCUT2D eigenvalue weighted by atomic mass is 10.2. The molecule has 1 rings (SSSR count). The zero-order chi connectivity index (χ0) is 16.0. The van der Waals surface area contributed by atoms with Crippen LogP contribution in [0.25, 0.3) is 0 Å². The van der Waals surface area contributed by atoms with E-state index in [1.165, 1.54) is 31.4 Å². The van der Waals surface area contributed by atoms with Gasteiger partial charge in [0.25, 0.3) is 0 Å². The van der Waals surface area contributed by atoms with Gasteiger partial charge in [0.05, 0.1) is 31.3 Å². The number of esters is 2. The van der Waals surface area contributed by atoms with Crippen molar-refractivity contribution in [3.8, 4) is 0 Å². The Morgan fingerprint density at radius 1 is 1.19 bits per heavy atom. The Bertz CT molecular complexity index is 609. The van der Waals surface area contributed by atoms with E-state index >= 15 is 0 Å². The number of hydrogen-bond donors (Lipinski definition) is 2. The van der Waals surface area contributed by atoms with Gasteiger partial charge >= 0.3 is 11.9 Å². The van der Waals surface area contributed by atoms with Crippen LogP contribution in [0.4, 0.5) is 0 Å². The summed E-state index contributed by atoms with van der Waals surface area (Å²) in [6.07, 6.45) is 0. The number of nitrogens with one attached hydrogen (secondary N) is 1. The second-order valence-electron chi connectivity index (χ2n) is 3.90. The summed E-state index contributed by atoms with van der Waals surface area (Å²) in [6, 6.07) is 3.50. The summed E-state index contributed by atoms with van der Waals surface area (Å²) < 4.78 is 34.9. The molecular weight excluding hydrogens is 302 g/mol. The molecule has 0 radical (unpaired) electrons. The molecule has 0 fully saturated rings. The lowest BCUT2D eigenvalue weighted by molar-refractivity contribution is -0.143. The minimum Gasteiger partial charge on any atom is -0.468 e. The number of sulfonamides is 1. The third-order valence-corrected chi connectivity index (χ3v) is 4.04. The first-order chi connectivity index (χ1) is 9.85. The second-order valence-corrected chi connectivity index (χ2v) is 5.61. The first-order valence-electron chi connectivity index (χ1n) is 5.75. The summed E-state index contributed by atoms with van der Waals surface area (Å²) >= 11 is 0. The molecule has 0 amide bonds. The van der Waals surface area contributed by atoms with E-state index in [4.69, 9.17) is 5.11 Å². The molecule has 0 aliphatic heterocycles. The highest BCUT2D eigenvalue weighted by atomic mass is 32.2. The molecule has 8 nitrogen and oxygen atoms in total. The maximum absolute atomic E-state index is 12.0. The number of rotatable bonds is 6. The van der Waals surface area contributed by atoms with Crippen molar-refractivity contribution in [2.75, 3.05) is 20.8 Å². The maximum atomic E-state index is 12.0. The zero-order valence-electron chi connectivity index (χ0n) is 11.4. The molecule has 0 aromatic heterocycles. The van der Waals surface area contributed by atoms with Crippen LogP contribution in [0, 0.1) is 0 Å². The number of aliphatic hydroxyl groups is 1. The molecule has 0 aliphatic carbocycles. The zero-order valence-corrected chi connectivity index (χ0v) is 12.2. The predicted octanol–water partition coefficient (Wildman–Crippen LogP) is -0.715. The van der Waals surface area contributed by atoms with Crippen molar-refractivity contribution >= 4 is 22.0 Å². The van der Waals surface area contributed by atoms with Crippen molar-refractivity contribution in [3.05, 3.63) is 29.8 Å². The summed E-state index contributed by atoms with van der Waals surface area (Å²) in [5, 5.41) is 9.00. The lowest BCUT2D eigenvalue weighted by Crippen LogP contribution is -2.43. The van der Waals surface area contributed by atoms with Crippen LogP contribution >= 0.6 is 0 Å². The number of carbonyl (C=O) groups excluding carboxylic acids is 2. The lowest BCUT2D eigenvalue weighted by Gasteiger charge is -2.14. The topological polar surface area (TPSA) is 119 Å². The van der Waals surface area contributed by atoms with E-state index in [-0.39, 0.29) is 10.5 Å². The van der Waals surface area contributed by atoms with Gasteiger partial charge in [-0.25, -0.2) is 13.2 Å². The van der Waals surface area contributed by atoms with Crippen molar-refractivity contribution in [3.63, 3.8) is 0 Å². The molecule has 9 heteroatoms. The van der Waals surface area contributed by atoms with Crippen molar-refractivity contribution in [2.24, 2.45) is 0 Å². The molecule has 0 bridgehead atoms. The first kappa shape index (κ1) is 17.1. The number of carbonyl (C=O) groups is 2. The summed E-state index contributed by atoms with van der Waals surface area (Å²) in [4.78, 5) is 22.3. The summed E-state index contributed by atoms with van der Waals surface area (Å²) in [5.41, 5.74) is 0.183. The van der Waals surface area contributed by atoms with E-state index < -0.39 is 34.6 Å². The molecule has 0 aliphatic rings. The van der Waals surface area contributed by atoms with Gasteiger partial charge in [-0.15, -0.1) is 0 Å². The van der Waals surface area contributed by atoms with Gasteiger partial charge in [-0.05, 0) is 24.3 Å². The van der Waals surface area contributed by atoms with Gasteiger partial charge in [-0.2, -0.15) is 4.72 Å². The maximum Gasteiger partial charge on any atom is 0.337 e. The van der Waals surface area contributed by atoms with Crippen molar-refractivity contribution < 1.29 is 32.6 Å². The number of aliphatic hydroxyl groups excluding tert-OH is 1. The van der Waals surface area contributed by atoms with Crippen LogP contribution in [0.3, 0.4) is 0 Å². The number of ether oxygens (including phenoxy) is 2. The molecule has 1 aromatic carbocycles. The largest absolute Gasteiger partial charge is 0.468 e. The molecule has 1 aromatic rings. The van der Waals surface area contributed by atoms with E-state index in [1.54, 1.807) is 0 Å². The average Bonchev–Trinajstić information content (AvgIpc) is 2.51. The Balaban J connectivity index is 2.97. The molecule has 0 saturated heterocycles. The van der Waals surface area contributed by atoms with Crippen LogP contribution in [0.5, 0.6) is 0 Å². The molecule has 1 atom stereocenters. The third-order valence-electron chi connectivity index (χ3n) is 2.55. The van der Waals surface area contributed by atoms with E-state index in [1.807, 2.05) is 4.72 Å². The highest BCUT2D eigenvalue weighted by molar-refractivity contribution is 7.89. The molecular formula is C12H15NO7S. The molecule has 1 unspecified atom stereocenters. The van der Waals surface area contributed by atoms with Gasteiger partial charge in [0.2, 0.25) is 10.0 Å². The Labute approximate surface area is 121 Å². The predicted molar refractivity (Wildman–Crippen MR) is 71.0 cm³/mol. The third kappa shape index (κ3) is 4.25. The molecule has 21 heavy (non-hydrogen) atoms. The minimum absolute atomic E-state index is 0.169. The highest BCUT2D eigenvalue weighted by Crippen LogP contribution is 2.12. The quantitative estimate of drug-likeness (QED) is 0.665. The van der Waals surface area contributed by atoms with E-state index in [2.05, 4.69) is 9.47 Å². The van der Waals surface area contributed by atoms with Crippen LogP contribution < -0.4 is 4.72 Å². The standard InChI is InChI=1S/C12H15NO7S/c1-19-11(15)8-3-5-9(6-4-8)21(17,18)13-10(7-14)12(16)20-2/h3-6,10,13-14H,7H2,1-2H3. The summed E-state index contributed by atoms with van der Waals surface area (Å²) in [5.74, 6) is -1.51. The fraction of sp³-hybridized carbons (Fsp3) is 0.333. The number of hydrogen-bond acceptors (Lipinski definition) is 7. The fourth-order valence-electron chi connectivity index (χ4n) is 1.45. The molecule has 0 saturated carbocycles. The molecule has 2 N–H and O–H groups in total. The summed E-state index contributed by atoms with van der Waals surface area (Å²) in [7, 11) is -1.76. The Kier molecular flexibility index (Phi) is 5.82. The smallest absolute Gasteiger partial charge is 0.337 e. The van der Waals surface area contributed by atoms with Crippen LogP contribution in [0.2, 0.25) is 0 Å². The van der Waals surface area contributed by atoms with Gasteiger partial charge in [-0.3, -0.25) is 4.79 Å². The molecule has 116 valence electrons. The second kappa shape index (κ2) is 7.16. The molecule has 0 spiro atoms. The van der Waals surface area contributed by atoms with Gasteiger partial charge in [0, 0.05) is 0 Å². The monoisotopic (exact) mass is 317 g/mol.